The van der Waals surface area contributed by atoms with E-state index in [1.807, 2.05) is 0 Å². The van der Waals surface area contributed by atoms with Crippen molar-refractivity contribution in [2.24, 2.45) is 0 Å². The smallest absolute Gasteiger partial charge is 0.283 e. The first-order valence-electron chi connectivity index (χ1n) is 8.55. The average Bonchev–Trinajstić information content (AvgIpc) is 2.74. The second-order valence-electron chi connectivity index (χ2n) is 6.24. The molecule has 12 heteroatoms. The molecule has 31 heavy (non-hydrogen) atoms. The molecule has 0 unspecified atom stereocenters. The molecule has 0 heterocycles. The predicted octanol–water partition coefficient (Wildman–Crippen LogP) is 3.17. The van der Waals surface area contributed by atoms with E-state index >= 15 is 0 Å². The molecule has 0 radical (unpaired) electrons. The number of hydrogen-bond acceptors (Lipinski definition) is 8. The number of carbonyl (C=O) groups is 1. The van der Waals surface area contributed by atoms with Gasteiger partial charge in [0.05, 0.1) is 19.6 Å². The molecular formula is C19H14N4O7S. The van der Waals surface area contributed by atoms with Gasteiger partial charge in [-0.3, -0.25) is 25.0 Å². The van der Waals surface area contributed by atoms with Gasteiger partial charge in [-0.05, 0) is 42.5 Å². The van der Waals surface area contributed by atoms with E-state index in [0.717, 1.165) is 42.5 Å². The molecule has 158 valence electrons. The van der Waals surface area contributed by atoms with Gasteiger partial charge in [0.25, 0.3) is 17.3 Å². The lowest BCUT2D eigenvalue weighted by molar-refractivity contribution is -0.385. The molecule has 0 aliphatic heterocycles. The van der Waals surface area contributed by atoms with Crippen LogP contribution in [0.25, 0.3) is 0 Å². The van der Waals surface area contributed by atoms with Crippen LogP contribution in [0.15, 0.2) is 76.5 Å². The van der Waals surface area contributed by atoms with Crippen molar-refractivity contribution in [3.05, 3.63) is 92.5 Å². The Morgan fingerprint density at radius 3 is 2.03 bits per heavy atom. The Balaban J connectivity index is 2.12. The molecule has 0 atom stereocenters. The highest BCUT2D eigenvalue weighted by Crippen LogP contribution is 2.31. The molecule has 0 aliphatic carbocycles. The average molecular weight is 442 g/mol. The summed E-state index contributed by atoms with van der Waals surface area (Å²) >= 11 is 0. The molecule has 0 aliphatic rings. The van der Waals surface area contributed by atoms with Crippen molar-refractivity contribution in [3.63, 3.8) is 0 Å². The Morgan fingerprint density at radius 2 is 1.48 bits per heavy atom. The normalized spacial score (nSPS) is 11.0. The maximum atomic E-state index is 13.1. The molecule has 0 fully saturated rings. The Kier molecular flexibility index (Phi) is 5.66. The van der Waals surface area contributed by atoms with Gasteiger partial charge in [-0.2, -0.15) is 0 Å². The second kappa shape index (κ2) is 8.20. The van der Waals surface area contributed by atoms with Gasteiger partial charge in [0.15, 0.2) is 0 Å². The number of rotatable bonds is 6. The number of benzene rings is 3. The molecular weight excluding hydrogens is 428 g/mol. The molecule has 0 aromatic heterocycles. The number of amides is 1. The number of non-ortho nitro benzene ring substituents is 1. The predicted molar refractivity (Wildman–Crippen MR) is 110 cm³/mol. The number of nitro groups is 2. The molecule has 0 saturated carbocycles. The van der Waals surface area contributed by atoms with Gasteiger partial charge in [-0.1, -0.05) is 6.07 Å². The number of nitrogens with two attached hydrogens (primary N) is 1. The number of nitrogens with zero attached hydrogens (tertiary/aromatic N) is 2. The minimum absolute atomic E-state index is 0.246. The van der Waals surface area contributed by atoms with Crippen LogP contribution in [0, 0.1) is 20.2 Å². The summed E-state index contributed by atoms with van der Waals surface area (Å²) in [6, 6.07) is 13.0. The topological polar surface area (TPSA) is 176 Å². The third-order valence-corrected chi connectivity index (χ3v) is 6.06. The number of carbonyl (C=O) groups excluding carboxylic acids is 1. The van der Waals surface area contributed by atoms with Crippen LogP contribution in [0.3, 0.4) is 0 Å². The van der Waals surface area contributed by atoms with Crippen molar-refractivity contribution < 1.29 is 23.1 Å². The number of nitrogen functional groups attached to an aromatic ring is 1. The highest BCUT2D eigenvalue weighted by Gasteiger charge is 2.32. The van der Waals surface area contributed by atoms with Crippen LogP contribution in [-0.4, -0.2) is 24.2 Å². The molecule has 0 spiro atoms. The zero-order valence-corrected chi connectivity index (χ0v) is 16.4. The zero-order valence-electron chi connectivity index (χ0n) is 15.6. The SMILES string of the molecule is Nc1ccc(NC(=O)c2c([N+](=O)[O-])cccc2S(=O)(=O)c2ccc([N+](=O)[O-])cc2)cc1. The number of anilines is 2. The monoisotopic (exact) mass is 442 g/mol. The number of nitro benzene ring substituents is 2. The third-order valence-electron chi connectivity index (χ3n) is 4.24. The molecule has 1 amide bonds. The summed E-state index contributed by atoms with van der Waals surface area (Å²) in [6.45, 7) is 0. The van der Waals surface area contributed by atoms with Gasteiger partial charge < -0.3 is 11.1 Å². The van der Waals surface area contributed by atoms with Gasteiger partial charge >= 0.3 is 0 Å². The van der Waals surface area contributed by atoms with Crippen LogP contribution < -0.4 is 11.1 Å². The van der Waals surface area contributed by atoms with E-state index in [9.17, 15) is 33.4 Å². The first-order valence-corrected chi connectivity index (χ1v) is 10.0. The van der Waals surface area contributed by atoms with Crippen molar-refractivity contribution in [2.45, 2.75) is 9.79 Å². The fraction of sp³-hybridized carbons (Fsp3) is 0. The molecule has 3 N–H and O–H groups in total. The summed E-state index contributed by atoms with van der Waals surface area (Å²) in [4.78, 5) is 32.6. The van der Waals surface area contributed by atoms with Crippen molar-refractivity contribution in [3.8, 4) is 0 Å². The maximum Gasteiger partial charge on any atom is 0.283 e. The third kappa shape index (κ3) is 4.33. The Labute approximate surface area is 175 Å². The fourth-order valence-corrected chi connectivity index (χ4v) is 4.23. The van der Waals surface area contributed by atoms with Gasteiger partial charge in [0, 0.05) is 29.6 Å². The lowest BCUT2D eigenvalue weighted by atomic mass is 10.1. The minimum atomic E-state index is -4.42. The Morgan fingerprint density at radius 1 is 0.871 bits per heavy atom. The lowest BCUT2D eigenvalue weighted by Crippen LogP contribution is -2.18. The van der Waals surface area contributed by atoms with Crippen LogP contribution in [0.4, 0.5) is 22.7 Å². The summed E-state index contributed by atoms with van der Waals surface area (Å²) in [5.41, 5.74) is 4.54. The van der Waals surface area contributed by atoms with Crippen molar-refractivity contribution in [1.29, 1.82) is 0 Å². The molecule has 0 saturated heterocycles. The summed E-state index contributed by atoms with van der Waals surface area (Å²) < 4.78 is 26.2. The van der Waals surface area contributed by atoms with Crippen LogP contribution in [0.1, 0.15) is 10.4 Å². The first-order chi connectivity index (χ1) is 14.6. The van der Waals surface area contributed by atoms with E-state index in [-0.39, 0.29) is 16.3 Å². The zero-order chi connectivity index (χ0) is 22.8. The highest BCUT2D eigenvalue weighted by molar-refractivity contribution is 7.91. The van der Waals surface area contributed by atoms with Gasteiger partial charge in [0.1, 0.15) is 5.56 Å². The summed E-state index contributed by atoms with van der Waals surface area (Å²) in [7, 11) is -4.42. The molecule has 3 aromatic rings. The molecule has 11 nitrogen and oxygen atoms in total. The van der Waals surface area contributed by atoms with Crippen LogP contribution in [0.2, 0.25) is 0 Å². The van der Waals surface area contributed by atoms with E-state index in [1.165, 1.54) is 24.3 Å². The Bertz CT molecular complexity index is 1290. The fourth-order valence-electron chi connectivity index (χ4n) is 2.76. The summed E-state index contributed by atoms with van der Waals surface area (Å²) in [5, 5.41) is 24.7. The van der Waals surface area contributed by atoms with Crippen molar-refractivity contribution >= 4 is 38.5 Å². The minimum Gasteiger partial charge on any atom is -0.399 e. The van der Waals surface area contributed by atoms with Gasteiger partial charge in [-0.25, -0.2) is 8.42 Å². The van der Waals surface area contributed by atoms with E-state index in [0.29, 0.717) is 5.69 Å². The maximum absolute atomic E-state index is 13.1. The lowest BCUT2D eigenvalue weighted by Gasteiger charge is -2.12. The quantitative estimate of drug-likeness (QED) is 0.332. The van der Waals surface area contributed by atoms with Crippen molar-refractivity contribution in [2.75, 3.05) is 11.1 Å². The van der Waals surface area contributed by atoms with Gasteiger partial charge in [0.2, 0.25) is 9.84 Å². The standard InChI is InChI=1S/C19H14N4O7S/c20-12-4-6-13(7-5-12)21-19(24)18-16(23(27)28)2-1-3-17(18)31(29,30)15-10-8-14(9-11-15)22(25)26/h1-11H,20H2,(H,21,24). The molecule has 3 aromatic carbocycles. The molecule has 3 rings (SSSR count). The van der Waals surface area contributed by atoms with Crippen molar-refractivity contribution in [1.82, 2.24) is 0 Å². The first kappa shape index (κ1) is 21.4. The van der Waals surface area contributed by atoms with E-state index in [2.05, 4.69) is 5.32 Å². The van der Waals surface area contributed by atoms with Gasteiger partial charge in [-0.15, -0.1) is 0 Å². The largest absolute Gasteiger partial charge is 0.399 e. The van der Waals surface area contributed by atoms with Crippen LogP contribution >= 0.6 is 0 Å². The highest BCUT2D eigenvalue weighted by atomic mass is 32.2. The molecule has 0 bridgehead atoms. The summed E-state index contributed by atoms with van der Waals surface area (Å²) in [5.74, 6) is -1.02. The van der Waals surface area contributed by atoms with E-state index in [4.69, 9.17) is 5.73 Å². The van der Waals surface area contributed by atoms with Crippen LogP contribution in [-0.2, 0) is 9.84 Å². The van der Waals surface area contributed by atoms with E-state index < -0.39 is 41.7 Å². The number of nitrogens with one attached hydrogen (secondary N) is 1. The summed E-state index contributed by atoms with van der Waals surface area (Å²) in [6.07, 6.45) is 0. The van der Waals surface area contributed by atoms with Crippen LogP contribution in [0.5, 0.6) is 0 Å². The number of hydrogen-bond donors (Lipinski definition) is 2. The Hall–Kier alpha value is -4.32. The second-order valence-corrected chi connectivity index (χ2v) is 8.16. The van der Waals surface area contributed by atoms with E-state index in [1.54, 1.807) is 0 Å². The number of sulfone groups is 1.